The van der Waals surface area contributed by atoms with Gasteiger partial charge in [0.05, 0.1) is 17.8 Å². The number of rotatable bonds is 3. The van der Waals surface area contributed by atoms with Crippen molar-refractivity contribution in [1.29, 1.82) is 0 Å². The number of likely N-dealkylation sites (N-methyl/N-ethyl adjacent to an activating group) is 1. The number of ether oxygens (including phenoxy) is 1. The lowest BCUT2D eigenvalue weighted by Gasteiger charge is -2.33. The third-order valence-electron chi connectivity index (χ3n) is 7.71. The number of aromatic nitrogens is 4. The SMILES string of the molecule is CN1CCc2c(c(N3CCCc4cc(-c5cnn(C)c5)c(C(F)(F)F)cc43)nn2C2CCOCC2)C1. The van der Waals surface area contributed by atoms with Gasteiger partial charge >= 0.3 is 6.18 Å². The third kappa shape index (κ3) is 4.10. The molecule has 10 heteroatoms. The predicted octanol–water partition coefficient (Wildman–Crippen LogP) is 4.73. The summed E-state index contributed by atoms with van der Waals surface area (Å²) in [5.41, 5.74) is 3.95. The van der Waals surface area contributed by atoms with Crippen molar-refractivity contribution in [3.05, 3.63) is 46.9 Å². The van der Waals surface area contributed by atoms with Crippen molar-refractivity contribution in [1.82, 2.24) is 24.5 Å². The molecule has 3 aromatic rings. The number of aryl methyl sites for hydroxylation is 2. The zero-order valence-corrected chi connectivity index (χ0v) is 20.7. The second-order valence-corrected chi connectivity index (χ2v) is 10.2. The summed E-state index contributed by atoms with van der Waals surface area (Å²) in [6.07, 6.45) is 2.96. The van der Waals surface area contributed by atoms with Crippen LogP contribution in [0.5, 0.6) is 0 Å². The van der Waals surface area contributed by atoms with E-state index in [4.69, 9.17) is 9.84 Å². The highest BCUT2D eigenvalue weighted by Crippen LogP contribution is 2.45. The van der Waals surface area contributed by atoms with Gasteiger partial charge in [-0.3, -0.25) is 9.36 Å². The van der Waals surface area contributed by atoms with Gasteiger partial charge in [0.2, 0.25) is 0 Å². The van der Waals surface area contributed by atoms with Gasteiger partial charge in [-0.05, 0) is 56.0 Å². The molecule has 1 saturated heterocycles. The maximum Gasteiger partial charge on any atom is 0.417 e. The number of hydrogen-bond donors (Lipinski definition) is 0. The van der Waals surface area contributed by atoms with Gasteiger partial charge < -0.3 is 14.5 Å². The summed E-state index contributed by atoms with van der Waals surface area (Å²) in [5.74, 6) is 0.811. The van der Waals surface area contributed by atoms with E-state index in [9.17, 15) is 13.2 Å². The minimum atomic E-state index is -4.48. The van der Waals surface area contributed by atoms with E-state index in [-0.39, 0.29) is 11.6 Å². The van der Waals surface area contributed by atoms with Crippen LogP contribution < -0.4 is 4.90 Å². The van der Waals surface area contributed by atoms with Crippen molar-refractivity contribution in [2.75, 3.05) is 38.3 Å². The van der Waals surface area contributed by atoms with Gasteiger partial charge in [-0.2, -0.15) is 23.4 Å². The summed E-state index contributed by atoms with van der Waals surface area (Å²) in [5, 5.41) is 9.22. The molecule has 0 unspecified atom stereocenters. The second kappa shape index (κ2) is 8.92. The number of anilines is 2. The molecule has 0 bridgehead atoms. The molecular weight excluding hydrogens is 469 g/mol. The minimum Gasteiger partial charge on any atom is -0.381 e. The van der Waals surface area contributed by atoms with Gasteiger partial charge in [0.15, 0.2) is 5.82 Å². The van der Waals surface area contributed by atoms with E-state index < -0.39 is 11.7 Å². The Morgan fingerprint density at radius 1 is 1.06 bits per heavy atom. The van der Waals surface area contributed by atoms with E-state index in [0.29, 0.717) is 31.0 Å². The molecule has 0 aliphatic carbocycles. The maximum atomic E-state index is 14.3. The summed E-state index contributed by atoms with van der Waals surface area (Å²) in [6, 6.07) is 3.33. The van der Waals surface area contributed by atoms with Crippen molar-refractivity contribution < 1.29 is 17.9 Å². The standard InChI is InChI=1S/C26H31F3N6O/c1-32-9-5-23-21(16-32)25(31-35(23)19-6-10-36-11-7-19)34-8-3-4-17-12-20(18-14-30-33(2)15-18)22(13-24(17)34)26(27,28)29/h12-15,19H,3-11,16H2,1-2H3. The van der Waals surface area contributed by atoms with Gasteiger partial charge in [-0.15, -0.1) is 0 Å². The molecule has 7 nitrogen and oxygen atoms in total. The molecule has 36 heavy (non-hydrogen) atoms. The highest BCUT2D eigenvalue weighted by molar-refractivity contribution is 5.77. The van der Waals surface area contributed by atoms with Crippen LogP contribution in [-0.2, 0) is 37.3 Å². The van der Waals surface area contributed by atoms with Gasteiger partial charge in [0.25, 0.3) is 0 Å². The van der Waals surface area contributed by atoms with E-state index in [0.717, 1.165) is 62.1 Å². The Morgan fingerprint density at radius 2 is 1.86 bits per heavy atom. The first-order valence-electron chi connectivity index (χ1n) is 12.7. The first kappa shape index (κ1) is 23.5. The Balaban J connectivity index is 1.49. The number of halogens is 3. The molecule has 0 spiro atoms. The molecule has 0 radical (unpaired) electrons. The monoisotopic (exact) mass is 500 g/mol. The lowest BCUT2D eigenvalue weighted by Crippen LogP contribution is -2.30. The van der Waals surface area contributed by atoms with Crippen LogP contribution in [-0.4, -0.2) is 57.8 Å². The van der Waals surface area contributed by atoms with Crippen molar-refractivity contribution in [2.24, 2.45) is 7.05 Å². The lowest BCUT2D eigenvalue weighted by molar-refractivity contribution is -0.137. The summed E-state index contributed by atoms with van der Waals surface area (Å²) < 4.78 is 52.3. The van der Waals surface area contributed by atoms with Gasteiger partial charge in [0, 0.05) is 75.0 Å². The van der Waals surface area contributed by atoms with Crippen LogP contribution in [0.25, 0.3) is 11.1 Å². The van der Waals surface area contributed by atoms with Gasteiger partial charge in [-0.1, -0.05) is 0 Å². The highest BCUT2D eigenvalue weighted by Gasteiger charge is 2.38. The van der Waals surface area contributed by atoms with Crippen LogP contribution in [0.15, 0.2) is 24.5 Å². The molecule has 0 atom stereocenters. The molecule has 0 N–H and O–H groups in total. The molecule has 2 aromatic heterocycles. The molecule has 0 amide bonds. The number of nitrogens with zero attached hydrogens (tertiary/aromatic N) is 6. The number of benzene rings is 1. The zero-order chi connectivity index (χ0) is 25.0. The molecule has 5 heterocycles. The number of hydrogen-bond acceptors (Lipinski definition) is 5. The van der Waals surface area contributed by atoms with Crippen molar-refractivity contribution in [2.45, 2.75) is 50.9 Å². The average Bonchev–Trinajstić information content (AvgIpc) is 3.46. The third-order valence-corrected chi connectivity index (χ3v) is 7.71. The summed E-state index contributed by atoms with van der Waals surface area (Å²) in [4.78, 5) is 4.30. The Morgan fingerprint density at radius 3 is 2.58 bits per heavy atom. The zero-order valence-electron chi connectivity index (χ0n) is 20.7. The molecular formula is C26H31F3N6O. The Hall–Kier alpha value is -2.85. The fourth-order valence-corrected chi connectivity index (χ4v) is 5.90. The number of fused-ring (bicyclic) bond motifs is 2. The van der Waals surface area contributed by atoms with Crippen LogP contribution in [0.2, 0.25) is 0 Å². The van der Waals surface area contributed by atoms with Crippen LogP contribution in [0.3, 0.4) is 0 Å². The quantitative estimate of drug-likeness (QED) is 0.521. The molecule has 1 aromatic carbocycles. The summed E-state index contributed by atoms with van der Waals surface area (Å²) in [7, 11) is 3.80. The van der Waals surface area contributed by atoms with Gasteiger partial charge in [0.1, 0.15) is 0 Å². The van der Waals surface area contributed by atoms with E-state index in [1.807, 2.05) is 4.90 Å². The van der Waals surface area contributed by atoms with Crippen molar-refractivity contribution >= 4 is 11.5 Å². The Bertz CT molecular complexity index is 1270. The van der Waals surface area contributed by atoms with E-state index in [1.165, 1.54) is 22.6 Å². The van der Waals surface area contributed by atoms with E-state index in [2.05, 4.69) is 21.7 Å². The molecule has 192 valence electrons. The fourth-order valence-electron chi connectivity index (χ4n) is 5.90. The first-order valence-corrected chi connectivity index (χ1v) is 12.7. The molecule has 3 aliphatic heterocycles. The normalized spacial score (nSPS) is 19.4. The molecule has 1 fully saturated rings. The first-order chi connectivity index (χ1) is 17.3. The summed E-state index contributed by atoms with van der Waals surface area (Å²) >= 11 is 0. The molecule has 6 rings (SSSR count). The highest BCUT2D eigenvalue weighted by atomic mass is 19.4. The van der Waals surface area contributed by atoms with Crippen molar-refractivity contribution in [3.63, 3.8) is 0 Å². The summed E-state index contributed by atoms with van der Waals surface area (Å²) in [6.45, 7) is 3.78. The van der Waals surface area contributed by atoms with Crippen LogP contribution >= 0.6 is 0 Å². The van der Waals surface area contributed by atoms with Crippen LogP contribution in [0.4, 0.5) is 24.7 Å². The largest absolute Gasteiger partial charge is 0.417 e. The smallest absolute Gasteiger partial charge is 0.381 e. The Labute approximate surface area is 208 Å². The average molecular weight is 501 g/mol. The van der Waals surface area contributed by atoms with Crippen LogP contribution in [0.1, 0.15) is 47.7 Å². The Kier molecular flexibility index (Phi) is 5.83. The number of alkyl halides is 3. The van der Waals surface area contributed by atoms with E-state index >= 15 is 0 Å². The topological polar surface area (TPSA) is 51.3 Å². The molecule has 0 saturated carbocycles. The van der Waals surface area contributed by atoms with E-state index in [1.54, 1.807) is 19.3 Å². The van der Waals surface area contributed by atoms with Crippen molar-refractivity contribution in [3.8, 4) is 11.1 Å². The predicted molar refractivity (Wildman–Crippen MR) is 130 cm³/mol. The minimum absolute atomic E-state index is 0.186. The molecule has 3 aliphatic rings. The van der Waals surface area contributed by atoms with Gasteiger partial charge in [-0.25, -0.2) is 0 Å². The maximum absolute atomic E-state index is 14.3. The second-order valence-electron chi connectivity index (χ2n) is 10.2. The lowest BCUT2D eigenvalue weighted by atomic mass is 9.92. The van der Waals surface area contributed by atoms with Crippen LogP contribution in [0, 0.1) is 0 Å². The fraction of sp³-hybridized carbons (Fsp3) is 0.538.